The summed E-state index contributed by atoms with van der Waals surface area (Å²) in [5.74, 6) is -0.579. The summed E-state index contributed by atoms with van der Waals surface area (Å²) in [5, 5.41) is 0. The third-order valence-corrected chi connectivity index (χ3v) is 8.15. The number of rotatable bonds is 4. The zero-order valence-electron chi connectivity index (χ0n) is 23.4. The average Bonchev–Trinajstić information content (AvgIpc) is 2.97. The highest BCUT2D eigenvalue weighted by Crippen LogP contribution is 2.45. The minimum Gasteiger partial charge on any atom is -0.378 e. The van der Waals surface area contributed by atoms with E-state index in [0.717, 1.165) is 61.9 Å². The van der Waals surface area contributed by atoms with Crippen molar-refractivity contribution >= 4 is 68.6 Å². The minimum absolute atomic E-state index is 0.174. The number of fused-ring (bicyclic) bond motifs is 4. The molecule has 5 aromatic carbocycles. The molecule has 0 amide bonds. The molecule has 202 valence electrons. The number of hydrogen-bond acceptors (Lipinski definition) is 4. The lowest BCUT2D eigenvalue weighted by molar-refractivity contribution is 0.628. The summed E-state index contributed by atoms with van der Waals surface area (Å²) in [5.41, 5.74) is 11.1. The van der Waals surface area contributed by atoms with Crippen molar-refractivity contribution in [1.29, 1.82) is 0 Å². The Morgan fingerprint density at radius 1 is 0.512 bits per heavy atom. The second kappa shape index (κ2) is 9.41. The quantitative estimate of drug-likeness (QED) is 0.247. The molecule has 0 spiro atoms. The van der Waals surface area contributed by atoms with E-state index >= 15 is 0 Å². The van der Waals surface area contributed by atoms with Gasteiger partial charge >= 0.3 is 0 Å². The largest absolute Gasteiger partial charge is 0.378 e. The molecule has 7 rings (SSSR count). The summed E-state index contributed by atoms with van der Waals surface area (Å²) < 4.78 is 29.0. The van der Waals surface area contributed by atoms with Crippen molar-refractivity contribution in [2.45, 2.75) is 0 Å². The fourth-order valence-corrected chi connectivity index (χ4v) is 6.21. The Morgan fingerprint density at radius 2 is 1.05 bits per heavy atom. The predicted octanol–water partition coefficient (Wildman–Crippen LogP) is 6.18. The average molecular weight is 542 g/mol. The van der Waals surface area contributed by atoms with Gasteiger partial charge in [-0.3, -0.25) is 0 Å². The highest BCUT2D eigenvalue weighted by molar-refractivity contribution is 7.00. The third-order valence-electron chi connectivity index (χ3n) is 8.15. The molecular formula is C34H29BF2N4. The smallest absolute Gasteiger partial charge is 0.252 e. The molecule has 0 radical (unpaired) electrons. The van der Waals surface area contributed by atoms with Crippen LogP contribution in [0.5, 0.6) is 0 Å². The number of benzene rings is 5. The summed E-state index contributed by atoms with van der Waals surface area (Å²) in [7, 11) is 8.14. The van der Waals surface area contributed by atoms with Gasteiger partial charge in [0.2, 0.25) is 0 Å². The lowest BCUT2D eigenvalue weighted by Gasteiger charge is -2.44. The van der Waals surface area contributed by atoms with Gasteiger partial charge in [0, 0.05) is 73.7 Å². The van der Waals surface area contributed by atoms with Gasteiger partial charge in [-0.05, 0) is 101 Å². The van der Waals surface area contributed by atoms with Gasteiger partial charge in [0.05, 0.1) is 0 Å². The molecule has 0 bridgehead atoms. The molecule has 41 heavy (non-hydrogen) atoms. The van der Waals surface area contributed by atoms with Crippen molar-refractivity contribution in [3.8, 4) is 0 Å². The Bertz CT molecular complexity index is 1780. The maximum Gasteiger partial charge on any atom is 0.252 e. The number of nitrogens with zero attached hydrogens (tertiary/aromatic N) is 4. The number of hydrogen-bond donors (Lipinski definition) is 0. The molecule has 0 atom stereocenters. The van der Waals surface area contributed by atoms with E-state index in [-0.39, 0.29) is 18.3 Å². The molecule has 2 heterocycles. The molecule has 0 N–H and O–H groups in total. The second-order valence-electron chi connectivity index (χ2n) is 11.0. The van der Waals surface area contributed by atoms with Gasteiger partial charge in [0.25, 0.3) is 6.71 Å². The molecule has 0 fully saturated rings. The Morgan fingerprint density at radius 3 is 1.66 bits per heavy atom. The summed E-state index contributed by atoms with van der Waals surface area (Å²) in [6.45, 7) is -0.174. The fraction of sp³-hybridized carbons (Fsp3) is 0.118. The van der Waals surface area contributed by atoms with Gasteiger partial charge in [-0.25, -0.2) is 8.78 Å². The Hall–Kier alpha value is -4.78. The van der Waals surface area contributed by atoms with Gasteiger partial charge < -0.3 is 19.6 Å². The van der Waals surface area contributed by atoms with Crippen molar-refractivity contribution in [1.82, 2.24) is 0 Å². The summed E-state index contributed by atoms with van der Waals surface area (Å²) >= 11 is 0. The first-order chi connectivity index (χ1) is 19.8. The van der Waals surface area contributed by atoms with Crippen molar-refractivity contribution < 1.29 is 8.78 Å². The van der Waals surface area contributed by atoms with Crippen LogP contribution in [0.4, 0.5) is 54.3 Å². The van der Waals surface area contributed by atoms with Crippen molar-refractivity contribution in [2.24, 2.45) is 0 Å². The van der Waals surface area contributed by atoms with Crippen LogP contribution in [-0.2, 0) is 0 Å². The van der Waals surface area contributed by atoms with Crippen LogP contribution in [0, 0.1) is 11.6 Å². The number of anilines is 8. The van der Waals surface area contributed by atoms with E-state index in [1.807, 2.05) is 34.3 Å². The van der Waals surface area contributed by atoms with Gasteiger partial charge in [0.1, 0.15) is 11.6 Å². The van der Waals surface area contributed by atoms with E-state index in [4.69, 9.17) is 0 Å². The van der Waals surface area contributed by atoms with Crippen LogP contribution in [0.3, 0.4) is 0 Å². The fourth-order valence-electron chi connectivity index (χ4n) is 6.21. The van der Waals surface area contributed by atoms with Gasteiger partial charge in [-0.2, -0.15) is 0 Å². The lowest BCUT2D eigenvalue weighted by Crippen LogP contribution is -2.61. The normalized spacial score (nSPS) is 13.0. The zero-order valence-corrected chi connectivity index (χ0v) is 23.4. The summed E-state index contributed by atoms with van der Waals surface area (Å²) in [6, 6.07) is 32.9. The topological polar surface area (TPSA) is 13.0 Å². The maximum absolute atomic E-state index is 15.0. The summed E-state index contributed by atoms with van der Waals surface area (Å²) in [4.78, 5) is 8.63. The molecular weight excluding hydrogens is 513 g/mol. The van der Waals surface area contributed by atoms with Crippen molar-refractivity contribution in [3.05, 3.63) is 115 Å². The first-order valence-corrected chi connectivity index (χ1v) is 13.7. The van der Waals surface area contributed by atoms with E-state index in [1.54, 1.807) is 18.2 Å². The monoisotopic (exact) mass is 542 g/mol. The molecule has 0 saturated carbocycles. The SMILES string of the molecule is CN(C)c1ccc(N2c3ccccc3B3c4cc(F)ccc4N(c4ccc(F)cc4)c4cc(N(C)C)cc2c43)cc1. The molecule has 4 nitrogen and oxygen atoms in total. The first kappa shape index (κ1) is 25.2. The van der Waals surface area contributed by atoms with Crippen LogP contribution in [-0.4, -0.2) is 34.9 Å². The van der Waals surface area contributed by atoms with E-state index in [0.29, 0.717) is 0 Å². The predicted molar refractivity (Wildman–Crippen MR) is 169 cm³/mol. The molecule has 2 aliphatic heterocycles. The maximum atomic E-state index is 15.0. The molecule has 2 aliphatic rings. The van der Waals surface area contributed by atoms with Gasteiger partial charge in [-0.15, -0.1) is 0 Å². The van der Waals surface area contributed by atoms with Crippen LogP contribution in [0.1, 0.15) is 0 Å². The zero-order chi connectivity index (χ0) is 28.4. The molecule has 0 aliphatic carbocycles. The van der Waals surface area contributed by atoms with Crippen LogP contribution in [0.2, 0.25) is 0 Å². The Labute approximate surface area is 239 Å². The van der Waals surface area contributed by atoms with Crippen LogP contribution in [0.15, 0.2) is 103 Å². The van der Waals surface area contributed by atoms with Crippen molar-refractivity contribution in [2.75, 3.05) is 47.8 Å². The van der Waals surface area contributed by atoms with E-state index in [1.165, 1.54) is 18.2 Å². The number of halogens is 2. The van der Waals surface area contributed by atoms with E-state index in [9.17, 15) is 8.78 Å². The van der Waals surface area contributed by atoms with E-state index < -0.39 is 0 Å². The Balaban J connectivity index is 1.57. The van der Waals surface area contributed by atoms with Crippen LogP contribution < -0.4 is 36.0 Å². The molecule has 0 saturated heterocycles. The standard InChI is InChI=1S/C34H29BF2N4/c1-38(2)24-14-16-26(17-15-24)40-30-8-6-5-7-28(30)35-29-19-23(37)11-18-31(29)41(25-12-9-22(36)10-13-25)33-21-27(39(3)4)20-32(40)34(33)35/h5-21H,1-4H3. The summed E-state index contributed by atoms with van der Waals surface area (Å²) in [6.07, 6.45) is 0. The highest BCUT2D eigenvalue weighted by atomic mass is 19.1. The molecule has 7 heteroatoms. The van der Waals surface area contributed by atoms with Crippen molar-refractivity contribution in [3.63, 3.8) is 0 Å². The van der Waals surface area contributed by atoms with Gasteiger partial charge in [-0.1, -0.05) is 18.2 Å². The molecule has 0 aromatic heterocycles. The van der Waals surface area contributed by atoms with E-state index in [2.05, 4.69) is 80.3 Å². The Kier molecular flexibility index (Phi) is 5.78. The molecule has 0 unspecified atom stereocenters. The lowest BCUT2D eigenvalue weighted by atomic mass is 9.33. The first-order valence-electron chi connectivity index (χ1n) is 13.7. The van der Waals surface area contributed by atoms with Gasteiger partial charge in [0.15, 0.2) is 0 Å². The minimum atomic E-state index is -0.298. The number of para-hydroxylation sites is 1. The molecule has 5 aromatic rings. The van der Waals surface area contributed by atoms with Crippen LogP contribution in [0.25, 0.3) is 0 Å². The third kappa shape index (κ3) is 3.95. The highest BCUT2D eigenvalue weighted by Gasteiger charge is 2.43. The second-order valence-corrected chi connectivity index (χ2v) is 11.0. The van der Waals surface area contributed by atoms with Crippen LogP contribution >= 0.6 is 0 Å².